The Morgan fingerprint density at radius 3 is 2.73 bits per heavy atom. The predicted molar refractivity (Wildman–Crippen MR) is 64.9 cm³/mol. The van der Waals surface area contributed by atoms with E-state index in [1.807, 2.05) is 0 Å². The number of rotatable bonds is 5. The van der Waals surface area contributed by atoms with Crippen LogP contribution in [0.5, 0.6) is 0 Å². The molecular weight excluding hydrogens is 186 g/mol. The van der Waals surface area contributed by atoms with Crippen molar-refractivity contribution in [1.82, 2.24) is 5.32 Å². The number of aliphatic hydroxyl groups is 1. The average Bonchev–Trinajstić information content (AvgIpc) is 2.22. The number of aliphatic hydroxyl groups excluding tert-OH is 1. The van der Waals surface area contributed by atoms with E-state index in [0.717, 1.165) is 18.9 Å². The zero-order valence-electron chi connectivity index (χ0n) is 10.3. The normalized spacial score (nSPS) is 24.4. The summed E-state index contributed by atoms with van der Waals surface area (Å²) in [6.07, 6.45) is 4.70. The molecule has 0 spiro atoms. The van der Waals surface area contributed by atoms with E-state index in [2.05, 4.69) is 26.1 Å². The molecule has 0 aromatic heterocycles. The van der Waals surface area contributed by atoms with Gasteiger partial charge >= 0.3 is 0 Å². The monoisotopic (exact) mass is 211 g/mol. The quantitative estimate of drug-likeness (QED) is 0.541. The number of hydrogen-bond acceptors (Lipinski definition) is 2. The van der Waals surface area contributed by atoms with Gasteiger partial charge in [-0.25, -0.2) is 0 Å². The van der Waals surface area contributed by atoms with Crippen LogP contribution < -0.4 is 5.32 Å². The van der Waals surface area contributed by atoms with Crippen LogP contribution in [-0.2, 0) is 0 Å². The summed E-state index contributed by atoms with van der Waals surface area (Å²) >= 11 is 0. The van der Waals surface area contributed by atoms with Crippen LogP contribution in [0.2, 0.25) is 0 Å². The molecule has 1 rings (SSSR count). The topological polar surface area (TPSA) is 32.3 Å². The molecule has 1 aliphatic rings. The summed E-state index contributed by atoms with van der Waals surface area (Å²) in [6, 6.07) is 0.583. The number of hydrogen-bond donors (Lipinski definition) is 2. The molecule has 2 heteroatoms. The van der Waals surface area contributed by atoms with E-state index in [4.69, 9.17) is 5.11 Å². The van der Waals surface area contributed by atoms with Gasteiger partial charge in [-0.05, 0) is 58.9 Å². The van der Waals surface area contributed by atoms with E-state index in [1.165, 1.54) is 19.3 Å². The van der Waals surface area contributed by atoms with Gasteiger partial charge in [-0.3, -0.25) is 0 Å². The van der Waals surface area contributed by atoms with Crippen molar-refractivity contribution >= 4 is 0 Å². The maximum absolute atomic E-state index is 8.72. The first-order valence-electron chi connectivity index (χ1n) is 6.14. The SMILES string of the molecule is CC1=C(C)CC(C(C)NCCCO)CC1. The zero-order valence-corrected chi connectivity index (χ0v) is 10.3. The van der Waals surface area contributed by atoms with E-state index >= 15 is 0 Å². The molecule has 0 aromatic carbocycles. The van der Waals surface area contributed by atoms with Crippen LogP contribution in [0.15, 0.2) is 11.1 Å². The number of nitrogens with one attached hydrogen (secondary N) is 1. The van der Waals surface area contributed by atoms with Crippen LogP contribution in [0.25, 0.3) is 0 Å². The second-order valence-electron chi connectivity index (χ2n) is 4.88. The smallest absolute Gasteiger partial charge is 0.0443 e. The molecule has 15 heavy (non-hydrogen) atoms. The third-order valence-electron chi connectivity index (χ3n) is 3.70. The van der Waals surface area contributed by atoms with Gasteiger partial charge in [0.05, 0.1) is 0 Å². The lowest BCUT2D eigenvalue weighted by Gasteiger charge is -2.30. The fourth-order valence-electron chi connectivity index (χ4n) is 2.29. The lowest BCUT2D eigenvalue weighted by Crippen LogP contribution is -2.35. The zero-order chi connectivity index (χ0) is 11.3. The van der Waals surface area contributed by atoms with Crippen molar-refractivity contribution in [2.75, 3.05) is 13.2 Å². The first kappa shape index (κ1) is 12.7. The molecule has 0 radical (unpaired) electrons. The Morgan fingerprint density at radius 2 is 2.13 bits per heavy atom. The van der Waals surface area contributed by atoms with Crippen LogP contribution in [0.3, 0.4) is 0 Å². The molecule has 0 aliphatic heterocycles. The van der Waals surface area contributed by atoms with E-state index in [0.29, 0.717) is 12.6 Å². The summed E-state index contributed by atoms with van der Waals surface area (Å²) in [6.45, 7) is 8.03. The van der Waals surface area contributed by atoms with Crippen LogP contribution in [0.1, 0.15) is 46.5 Å². The Morgan fingerprint density at radius 1 is 1.40 bits per heavy atom. The predicted octanol–water partition coefficient (Wildman–Crippen LogP) is 2.48. The van der Waals surface area contributed by atoms with Gasteiger partial charge in [-0.15, -0.1) is 0 Å². The Hall–Kier alpha value is -0.340. The third kappa shape index (κ3) is 3.96. The highest BCUT2D eigenvalue weighted by molar-refractivity contribution is 5.14. The van der Waals surface area contributed by atoms with Gasteiger partial charge in [0.1, 0.15) is 0 Å². The summed E-state index contributed by atoms with van der Waals surface area (Å²) in [5.41, 5.74) is 3.18. The van der Waals surface area contributed by atoms with Gasteiger partial charge < -0.3 is 10.4 Å². The minimum absolute atomic E-state index is 0.294. The van der Waals surface area contributed by atoms with Crippen LogP contribution in [0, 0.1) is 5.92 Å². The average molecular weight is 211 g/mol. The van der Waals surface area contributed by atoms with Crippen molar-refractivity contribution in [3.05, 3.63) is 11.1 Å². The van der Waals surface area contributed by atoms with E-state index in [-0.39, 0.29) is 0 Å². The largest absolute Gasteiger partial charge is 0.396 e. The van der Waals surface area contributed by atoms with Crippen molar-refractivity contribution in [2.45, 2.75) is 52.5 Å². The maximum Gasteiger partial charge on any atom is 0.0443 e. The van der Waals surface area contributed by atoms with Gasteiger partial charge in [0.15, 0.2) is 0 Å². The van der Waals surface area contributed by atoms with E-state index in [1.54, 1.807) is 11.1 Å². The highest BCUT2D eigenvalue weighted by atomic mass is 16.3. The summed E-state index contributed by atoms with van der Waals surface area (Å²) in [5.74, 6) is 0.785. The molecule has 2 atom stereocenters. The molecule has 0 fully saturated rings. The Labute approximate surface area is 93.8 Å². The molecule has 0 aromatic rings. The Kier molecular flexibility index (Phi) is 5.34. The summed E-state index contributed by atoms with van der Waals surface area (Å²) < 4.78 is 0. The lowest BCUT2D eigenvalue weighted by molar-refractivity contribution is 0.273. The Bertz CT molecular complexity index is 223. The molecule has 1 aliphatic carbocycles. The Balaban J connectivity index is 2.32. The molecule has 0 saturated heterocycles. The molecule has 2 N–H and O–H groups in total. The molecule has 0 heterocycles. The minimum atomic E-state index is 0.294. The highest BCUT2D eigenvalue weighted by Gasteiger charge is 2.21. The second-order valence-corrected chi connectivity index (χ2v) is 4.88. The minimum Gasteiger partial charge on any atom is -0.396 e. The molecule has 0 bridgehead atoms. The van der Waals surface area contributed by atoms with Gasteiger partial charge in [-0.1, -0.05) is 11.1 Å². The summed E-state index contributed by atoms with van der Waals surface area (Å²) in [4.78, 5) is 0. The van der Waals surface area contributed by atoms with Crippen molar-refractivity contribution in [3.63, 3.8) is 0 Å². The maximum atomic E-state index is 8.72. The molecular formula is C13H25NO. The third-order valence-corrected chi connectivity index (χ3v) is 3.70. The van der Waals surface area contributed by atoms with Gasteiger partial charge in [0.25, 0.3) is 0 Å². The van der Waals surface area contributed by atoms with Gasteiger partial charge in [-0.2, -0.15) is 0 Å². The molecule has 2 unspecified atom stereocenters. The first-order valence-corrected chi connectivity index (χ1v) is 6.14. The first-order chi connectivity index (χ1) is 7.15. The van der Waals surface area contributed by atoms with Gasteiger partial charge in [0.2, 0.25) is 0 Å². The van der Waals surface area contributed by atoms with Crippen LogP contribution >= 0.6 is 0 Å². The van der Waals surface area contributed by atoms with Crippen molar-refractivity contribution in [2.24, 2.45) is 5.92 Å². The number of allylic oxidation sites excluding steroid dienone is 2. The molecule has 2 nitrogen and oxygen atoms in total. The van der Waals surface area contributed by atoms with Crippen LogP contribution in [-0.4, -0.2) is 24.3 Å². The summed E-state index contributed by atoms with van der Waals surface area (Å²) in [5, 5.41) is 12.2. The fourth-order valence-corrected chi connectivity index (χ4v) is 2.29. The van der Waals surface area contributed by atoms with E-state index < -0.39 is 0 Å². The van der Waals surface area contributed by atoms with E-state index in [9.17, 15) is 0 Å². The highest BCUT2D eigenvalue weighted by Crippen LogP contribution is 2.30. The molecule has 88 valence electrons. The lowest BCUT2D eigenvalue weighted by atomic mass is 9.81. The molecule has 0 saturated carbocycles. The van der Waals surface area contributed by atoms with Crippen molar-refractivity contribution < 1.29 is 5.11 Å². The standard InChI is InChI=1S/C13H25NO/c1-10-5-6-13(9-11(10)2)12(3)14-7-4-8-15/h12-15H,4-9H2,1-3H3. The van der Waals surface area contributed by atoms with Crippen molar-refractivity contribution in [1.29, 1.82) is 0 Å². The van der Waals surface area contributed by atoms with Gasteiger partial charge in [0, 0.05) is 12.6 Å². The fraction of sp³-hybridized carbons (Fsp3) is 0.846. The second kappa shape index (κ2) is 6.29. The summed E-state index contributed by atoms with van der Waals surface area (Å²) in [7, 11) is 0. The molecule has 0 amide bonds. The van der Waals surface area contributed by atoms with Crippen molar-refractivity contribution in [3.8, 4) is 0 Å². The van der Waals surface area contributed by atoms with Crippen LogP contribution in [0.4, 0.5) is 0 Å².